The number of carbonyl (C=O) groups is 1. The van der Waals surface area contributed by atoms with Crippen LogP contribution in [0, 0.1) is 0 Å². The van der Waals surface area contributed by atoms with Crippen LogP contribution in [0.3, 0.4) is 0 Å². The van der Waals surface area contributed by atoms with Crippen molar-refractivity contribution < 1.29 is 13.9 Å². The number of aromatic nitrogens is 2. The topological polar surface area (TPSA) is 80.5 Å². The van der Waals surface area contributed by atoms with Crippen LogP contribution < -0.4 is 10.1 Å². The minimum Gasteiger partial charge on any atom is -0.497 e. The second-order valence-electron chi connectivity index (χ2n) is 6.09. The van der Waals surface area contributed by atoms with Crippen LogP contribution in [0.5, 0.6) is 5.75 Å². The zero-order valence-electron chi connectivity index (χ0n) is 15.7. The Labute approximate surface area is 171 Å². The summed E-state index contributed by atoms with van der Waals surface area (Å²) in [5.74, 6) is 1.49. The lowest BCUT2D eigenvalue weighted by molar-refractivity contribution is -0.117. The molecule has 3 rings (SSSR count). The molecule has 1 heterocycles. The monoisotopic (exact) mass is 444 g/mol. The van der Waals surface area contributed by atoms with Crippen LogP contribution in [0.15, 0.2) is 57.4 Å². The number of hydrogen-bond acceptors (Lipinski definition) is 6. The van der Waals surface area contributed by atoms with Crippen molar-refractivity contribution in [3.05, 3.63) is 58.9 Å². The first-order valence-corrected chi connectivity index (χ1v) is 9.61. The van der Waals surface area contributed by atoms with Gasteiger partial charge in [-0.2, -0.15) is 0 Å². The third kappa shape index (κ3) is 5.40. The fraction of sp³-hybridized carbons (Fsp3) is 0.250. The van der Waals surface area contributed by atoms with Gasteiger partial charge in [0, 0.05) is 21.8 Å². The summed E-state index contributed by atoms with van der Waals surface area (Å²) >= 11 is 3.40. The highest BCUT2D eigenvalue weighted by Gasteiger charge is 2.15. The van der Waals surface area contributed by atoms with Gasteiger partial charge in [-0.05, 0) is 42.9 Å². The number of amides is 1. The van der Waals surface area contributed by atoms with Gasteiger partial charge in [-0.15, -0.1) is 10.2 Å². The second kappa shape index (κ2) is 9.48. The highest BCUT2D eigenvalue weighted by molar-refractivity contribution is 9.10. The van der Waals surface area contributed by atoms with Gasteiger partial charge >= 0.3 is 0 Å². The van der Waals surface area contributed by atoms with Crippen molar-refractivity contribution in [2.45, 2.75) is 13.5 Å². The molecule has 0 radical (unpaired) electrons. The van der Waals surface area contributed by atoms with Gasteiger partial charge in [-0.25, -0.2) is 0 Å². The van der Waals surface area contributed by atoms with E-state index < -0.39 is 0 Å². The molecule has 0 atom stereocenters. The summed E-state index contributed by atoms with van der Waals surface area (Å²) in [6.45, 7) is 3.25. The van der Waals surface area contributed by atoms with Crippen LogP contribution >= 0.6 is 15.9 Å². The standard InChI is InChI=1S/C20H21BrN4O3/c1-3-25(12-18(26)22-16-5-4-6-17(11-16)27-2)13-19-23-24-20(28-19)14-7-9-15(21)10-8-14/h4-11H,3,12-13H2,1-2H3,(H,22,26). The molecule has 0 fully saturated rings. The molecule has 3 aromatic rings. The Morgan fingerprint density at radius 2 is 2.00 bits per heavy atom. The average molecular weight is 445 g/mol. The SMILES string of the molecule is CCN(CC(=O)Nc1cccc(OC)c1)Cc1nnc(-c2ccc(Br)cc2)o1. The minimum absolute atomic E-state index is 0.122. The van der Waals surface area contributed by atoms with Crippen molar-refractivity contribution in [3.63, 3.8) is 0 Å². The van der Waals surface area contributed by atoms with Crippen LogP contribution in [0.2, 0.25) is 0 Å². The van der Waals surface area contributed by atoms with Gasteiger partial charge in [0.25, 0.3) is 0 Å². The van der Waals surface area contributed by atoms with Crippen LogP contribution in [0.1, 0.15) is 12.8 Å². The Morgan fingerprint density at radius 3 is 2.71 bits per heavy atom. The van der Waals surface area contributed by atoms with E-state index in [0.29, 0.717) is 36.3 Å². The maximum atomic E-state index is 12.4. The molecule has 1 N–H and O–H groups in total. The number of benzene rings is 2. The molecule has 0 aliphatic heterocycles. The van der Waals surface area contributed by atoms with Crippen molar-refractivity contribution in [1.82, 2.24) is 15.1 Å². The third-order valence-electron chi connectivity index (χ3n) is 4.08. The molecular formula is C20H21BrN4O3. The highest BCUT2D eigenvalue weighted by atomic mass is 79.9. The van der Waals surface area contributed by atoms with Crippen molar-refractivity contribution >= 4 is 27.5 Å². The molecule has 8 heteroatoms. The number of carbonyl (C=O) groups excluding carboxylic acids is 1. The molecule has 2 aromatic carbocycles. The highest BCUT2D eigenvalue weighted by Crippen LogP contribution is 2.21. The smallest absolute Gasteiger partial charge is 0.247 e. The molecule has 0 bridgehead atoms. The third-order valence-corrected chi connectivity index (χ3v) is 4.61. The molecule has 0 unspecified atom stereocenters. The summed E-state index contributed by atoms with van der Waals surface area (Å²) in [6, 6.07) is 14.9. The van der Waals surface area contributed by atoms with Gasteiger partial charge in [-0.3, -0.25) is 9.69 Å². The summed E-state index contributed by atoms with van der Waals surface area (Å²) < 4.78 is 11.9. The van der Waals surface area contributed by atoms with Gasteiger partial charge in [0.2, 0.25) is 17.7 Å². The average Bonchev–Trinajstić information content (AvgIpc) is 3.16. The van der Waals surface area contributed by atoms with Crippen molar-refractivity contribution in [3.8, 4) is 17.2 Å². The Balaban J connectivity index is 1.59. The minimum atomic E-state index is -0.122. The molecule has 1 amide bonds. The van der Waals surface area contributed by atoms with E-state index in [4.69, 9.17) is 9.15 Å². The van der Waals surface area contributed by atoms with Crippen molar-refractivity contribution in [1.29, 1.82) is 0 Å². The van der Waals surface area contributed by atoms with E-state index in [1.807, 2.05) is 54.3 Å². The summed E-state index contributed by atoms with van der Waals surface area (Å²) in [5, 5.41) is 11.1. The van der Waals surface area contributed by atoms with E-state index in [0.717, 1.165) is 10.0 Å². The number of hydrogen-bond donors (Lipinski definition) is 1. The zero-order valence-corrected chi connectivity index (χ0v) is 17.3. The summed E-state index contributed by atoms with van der Waals surface area (Å²) in [4.78, 5) is 14.3. The molecule has 146 valence electrons. The van der Waals surface area contributed by atoms with E-state index in [-0.39, 0.29) is 12.5 Å². The van der Waals surface area contributed by atoms with Crippen LogP contribution in [-0.2, 0) is 11.3 Å². The molecule has 1 aromatic heterocycles. The van der Waals surface area contributed by atoms with Crippen molar-refractivity contribution in [2.24, 2.45) is 0 Å². The number of ether oxygens (including phenoxy) is 1. The number of likely N-dealkylation sites (N-methyl/N-ethyl adjacent to an activating group) is 1. The molecule has 28 heavy (non-hydrogen) atoms. The molecule has 0 spiro atoms. The molecule has 7 nitrogen and oxygen atoms in total. The Morgan fingerprint density at radius 1 is 1.21 bits per heavy atom. The lowest BCUT2D eigenvalue weighted by atomic mass is 10.2. The van der Waals surface area contributed by atoms with E-state index in [1.165, 1.54) is 0 Å². The fourth-order valence-electron chi connectivity index (χ4n) is 2.60. The first kappa shape index (κ1) is 20.0. The number of halogens is 1. The Hall–Kier alpha value is -2.71. The lowest BCUT2D eigenvalue weighted by Crippen LogP contribution is -2.32. The van der Waals surface area contributed by atoms with Crippen molar-refractivity contribution in [2.75, 3.05) is 25.5 Å². The predicted octanol–water partition coefficient (Wildman–Crippen LogP) is 3.97. The summed E-state index contributed by atoms with van der Waals surface area (Å²) in [6.07, 6.45) is 0. The predicted molar refractivity (Wildman–Crippen MR) is 110 cm³/mol. The zero-order chi connectivity index (χ0) is 19.9. The molecule has 0 aliphatic carbocycles. The fourth-order valence-corrected chi connectivity index (χ4v) is 2.87. The maximum Gasteiger partial charge on any atom is 0.247 e. The normalized spacial score (nSPS) is 10.9. The molecule has 0 saturated heterocycles. The first-order valence-electron chi connectivity index (χ1n) is 8.82. The molecule has 0 aliphatic rings. The number of nitrogens with zero attached hydrogens (tertiary/aromatic N) is 3. The first-order chi connectivity index (χ1) is 13.6. The quantitative estimate of drug-likeness (QED) is 0.565. The number of anilines is 1. The van der Waals surface area contributed by atoms with Gasteiger partial charge in [0.1, 0.15) is 5.75 Å². The van der Waals surface area contributed by atoms with Gasteiger partial charge in [0.15, 0.2) is 0 Å². The van der Waals surface area contributed by atoms with E-state index in [1.54, 1.807) is 13.2 Å². The number of methoxy groups -OCH3 is 1. The maximum absolute atomic E-state index is 12.4. The summed E-state index contributed by atoms with van der Waals surface area (Å²) in [7, 11) is 1.59. The largest absolute Gasteiger partial charge is 0.497 e. The number of nitrogens with one attached hydrogen (secondary N) is 1. The van der Waals surface area contributed by atoms with E-state index in [2.05, 4.69) is 31.4 Å². The van der Waals surface area contributed by atoms with E-state index >= 15 is 0 Å². The lowest BCUT2D eigenvalue weighted by Gasteiger charge is -2.17. The van der Waals surface area contributed by atoms with Gasteiger partial charge in [-0.1, -0.05) is 28.9 Å². The molecular weight excluding hydrogens is 424 g/mol. The van der Waals surface area contributed by atoms with Gasteiger partial charge < -0.3 is 14.5 Å². The Kier molecular flexibility index (Phi) is 6.78. The van der Waals surface area contributed by atoms with E-state index in [9.17, 15) is 4.79 Å². The van der Waals surface area contributed by atoms with Crippen LogP contribution in [-0.4, -0.2) is 41.2 Å². The second-order valence-corrected chi connectivity index (χ2v) is 7.01. The summed E-state index contributed by atoms with van der Waals surface area (Å²) in [5.41, 5.74) is 1.54. The van der Waals surface area contributed by atoms with Crippen LogP contribution in [0.4, 0.5) is 5.69 Å². The van der Waals surface area contributed by atoms with Gasteiger partial charge in [0.05, 0.1) is 20.2 Å². The Bertz CT molecular complexity index is 927. The number of rotatable bonds is 8. The molecule has 0 saturated carbocycles. The van der Waals surface area contributed by atoms with Crippen LogP contribution in [0.25, 0.3) is 11.5 Å².